The fourth-order valence-electron chi connectivity index (χ4n) is 1.77. The summed E-state index contributed by atoms with van der Waals surface area (Å²) >= 11 is 0. The van der Waals surface area contributed by atoms with Gasteiger partial charge in [-0.05, 0) is 17.2 Å². The minimum absolute atomic E-state index is 0.280. The molecule has 0 aliphatic rings. The fourth-order valence-corrected chi connectivity index (χ4v) is 1.77. The Labute approximate surface area is 138 Å². The highest BCUT2D eigenvalue weighted by Crippen LogP contribution is 2.15. The molecule has 0 spiro atoms. The van der Waals surface area contributed by atoms with E-state index in [1.807, 2.05) is 30.3 Å². The van der Waals surface area contributed by atoms with Crippen LogP contribution < -0.4 is 0 Å². The van der Waals surface area contributed by atoms with Gasteiger partial charge in [-0.2, -0.15) is 0 Å². The van der Waals surface area contributed by atoms with Crippen LogP contribution in [-0.4, -0.2) is 33.2 Å². The number of carbonyl (C=O) groups is 3. The molecule has 0 aliphatic heterocycles. The molecule has 124 valence electrons. The van der Waals surface area contributed by atoms with Gasteiger partial charge in [0.25, 0.3) is 0 Å². The Balaban J connectivity index is 0.000000243. The smallest absolute Gasteiger partial charge is 0.328 e. The average Bonchev–Trinajstić information content (AvgIpc) is 2.55. The van der Waals surface area contributed by atoms with E-state index in [2.05, 4.69) is 0 Å². The van der Waals surface area contributed by atoms with Gasteiger partial charge in [0.2, 0.25) is 0 Å². The van der Waals surface area contributed by atoms with Crippen LogP contribution in [0.2, 0.25) is 0 Å². The van der Waals surface area contributed by atoms with E-state index in [1.54, 1.807) is 24.3 Å². The summed E-state index contributed by atoms with van der Waals surface area (Å²) in [5.41, 5.74) is 1.18. The number of hydrogen-bond acceptors (Lipinski definition) is 3. The Hall–Kier alpha value is -3.41. The predicted octanol–water partition coefficient (Wildman–Crippen LogP) is 2.72. The lowest BCUT2D eigenvalue weighted by atomic mass is 10.00. The minimum atomic E-state index is -1.47. The van der Waals surface area contributed by atoms with Crippen molar-refractivity contribution in [3.8, 4) is 0 Å². The van der Waals surface area contributed by atoms with Crippen molar-refractivity contribution >= 4 is 24.0 Å². The maximum Gasteiger partial charge on any atom is 0.328 e. The summed E-state index contributed by atoms with van der Waals surface area (Å²) < 4.78 is 0. The Kier molecular flexibility index (Phi) is 7.44. The molecule has 0 saturated heterocycles. The van der Waals surface area contributed by atoms with E-state index < -0.39 is 23.8 Å². The van der Waals surface area contributed by atoms with E-state index in [9.17, 15) is 14.4 Å². The lowest BCUT2D eigenvalue weighted by Gasteiger charge is -2.06. The third kappa shape index (κ3) is 6.57. The topological polar surface area (TPSA) is 112 Å². The van der Waals surface area contributed by atoms with Crippen LogP contribution in [-0.2, 0) is 14.4 Å². The summed E-state index contributed by atoms with van der Waals surface area (Å²) in [7, 11) is 0. The molecule has 0 bridgehead atoms. The lowest BCUT2D eigenvalue weighted by molar-refractivity contribution is -0.150. The Bertz CT molecular complexity index is 693. The fraction of sp³-hybridized carbons (Fsp3) is 0.0556. The second kappa shape index (κ2) is 9.58. The van der Waals surface area contributed by atoms with E-state index in [0.717, 1.165) is 11.6 Å². The van der Waals surface area contributed by atoms with Crippen LogP contribution in [0.1, 0.15) is 17.0 Å². The van der Waals surface area contributed by atoms with Crippen molar-refractivity contribution in [3.63, 3.8) is 0 Å². The number of carboxylic acid groups (broad SMARTS) is 3. The van der Waals surface area contributed by atoms with Crippen LogP contribution >= 0.6 is 0 Å². The largest absolute Gasteiger partial charge is 0.480 e. The van der Waals surface area contributed by atoms with E-state index in [4.69, 9.17) is 15.3 Å². The molecule has 0 aliphatic carbocycles. The van der Waals surface area contributed by atoms with Crippen molar-refractivity contribution in [2.45, 2.75) is 5.92 Å². The molecule has 6 heteroatoms. The maximum atomic E-state index is 10.6. The van der Waals surface area contributed by atoms with Crippen LogP contribution in [0.25, 0.3) is 6.08 Å². The molecular weight excluding hydrogens is 312 g/mol. The third-order valence-electron chi connectivity index (χ3n) is 2.84. The second-order valence-corrected chi connectivity index (χ2v) is 4.60. The molecule has 0 aromatic heterocycles. The van der Waals surface area contributed by atoms with E-state index >= 15 is 0 Å². The number of hydrogen-bond donors (Lipinski definition) is 3. The molecule has 0 atom stereocenters. The monoisotopic (exact) mass is 328 g/mol. The van der Waals surface area contributed by atoms with Crippen molar-refractivity contribution in [2.24, 2.45) is 0 Å². The van der Waals surface area contributed by atoms with E-state index in [1.165, 1.54) is 12.1 Å². The standard InChI is InChI=1S/C9H8O4.C9H8O2/c10-8(11)7(9(12)13)6-4-2-1-3-5-6;10-9(11)7-6-8-4-2-1-3-5-8/h1-5,7H,(H,10,11)(H,12,13);1-7H,(H,10,11). The molecule has 6 nitrogen and oxygen atoms in total. The van der Waals surface area contributed by atoms with E-state index in [-0.39, 0.29) is 5.56 Å². The maximum absolute atomic E-state index is 10.6. The Morgan fingerprint density at radius 1 is 0.750 bits per heavy atom. The normalized spacial score (nSPS) is 10.0. The van der Waals surface area contributed by atoms with Crippen LogP contribution in [0.5, 0.6) is 0 Å². The van der Waals surface area contributed by atoms with Crippen LogP contribution in [0, 0.1) is 0 Å². The van der Waals surface area contributed by atoms with Gasteiger partial charge < -0.3 is 15.3 Å². The Morgan fingerprint density at radius 3 is 1.62 bits per heavy atom. The minimum Gasteiger partial charge on any atom is -0.480 e. The summed E-state index contributed by atoms with van der Waals surface area (Å²) in [5, 5.41) is 25.5. The van der Waals surface area contributed by atoms with Gasteiger partial charge in [0, 0.05) is 6.08 Å². The van der Waals surface area contributed by atoms with Gasteiger partial charge in [0.1, 0.15) is 0 Å². The first-order chi connectivity index (χ1) is 11.4. The molecule has 3 N–H and O–H groups in total. The molecule has 2 rings (SSSR count). The summed E-state index contributed by atoms with van der Waals surface area (Å²) in [4.78, 5) is 31.2. The van der Waals surface area contributed by atoms with Gasteiger partial charge in [0.05, 0.1) is 0 Å². The SMILES string of the molecule is O=C(O)C(C(=O)O)c1ccccc1.O=C(O)C=Cc1ccccc1. The highest BCUT2D eigenvalue weighted by molar-refractivity contribution is 5.98. The number of benzene rings is 2. The molecule has 0 fully saturated rings. The molecule has 2 aromatic rings. The van der Waals surface area contributed by atoms with Crippen molar-refractivity contribution < 1.29 is 29.7 Å². The first-order valence-electron chi connectivity index (χ1n) is 6.88. The first kappa shape index (κ1) is 18.6. The molecule has 0 radical (unpaired) electrons. The summed E-state index contributed by atoms with van der Waals surface area (Å²) in [6, 6.07) is 17.2. The summed E-state index contributed by atoms with van der Waals surface area (Å²) in [6.45, 7) is 0. The molecular formula is C18H16O6. The highest BCUT2D eigenvalue weighted by atomic mass is 16.4. The zero-order valence-electron chi connectivity index (χ0n) is 12.6. The summed E-state index contributed by atoms with van der Waals surface area (Å²) in [5.74, 6) is -5.09. The molecule has 0 saturated carbocycles. The zero-order chi connectivity index (χ0) is 17.9. The van der Waals surface area contributed by atoms with Gasteiger partial charge in [-0.3, -0.25) is 9.59 Å². The average molecular weight is 328 g/mol. The Morgan fingerprint density at radius 2 is 1.21 bits per heavy atom. The second-order valence-electron chi connectivity index (χ2n) is 4.60. The van der Waals surface area contributed by atoms with Gasteiger partial charge in [-0.25, -0.2) is 4.79 Å². The van der Waals surface area contributed by atoms with Crippen LogP contribution in [0.4, 0.5) is 0 Å². The zero-order valence-corrected chi connectivity index (χ0v) is 12.6. The van der Waals surface area contributed by atoms with Crippen molar-refractivity contribution in [1.82, 2.24) is 0 Å². The third-order valence-corrected chi connectivity index (χ3v) is 2.84. The molecule has 0 heterocycles. The van der Waals surface area contributed by atoms with Gasteiger partial charge in [-0.1, -0.05) is 60.7 Å². The number of carboxylic acids is 3. The highest BCUT2D eigenvalue weighted by Gasteiger charge is 2.27. The first-order valence-corrected chi connectivity index (χ1v) is 6.88. The quantitative estimate of drug-likeness (QED) is 0.575. The van der Waals surface area contributed by atoms with Gasteiger partial charge in [0.15, 0.2) is 5.92 Å². The molecule has 0 amide bonds. The van der Waals surface area contributed by atoms with Crippen molar-refractivity contribution in [3.05, 3.63) is 77.9 Å². The van der Waals surface area contributed by atoms with Crippen molar-refractivity contribution in [1.29, 1.82) is 0 Å². The number of rotatable bonds is 5. The summed E-state index contributed by atoms with van der Waals surface area (Å²) in [6.07, 6.45) is 2.68. The molecule has 2 aromatic carbocycles. The van der Waals surface area contributed by atoms with Gasteiger partial charge in [-0.15, -0.1) is 0 Å². The molecule has 24 heavy (non-hydrogen) atoms. The van der Waals surface area contributed by atoms with E-state index in [0.29, 0.717) is 0 Å². The van der Waals surface area contributed by atoms with Crippen molar-refractivity contribution in [2.75, 3.05) is 0 Å². The number of aliphatic carboxylic acids is 3. The van der Waals surface area contributed by atoms with Crippen LogP contribution in [0.3, 0.4) is 0 Å². The van der Waals surface area contributed by atoms with Gasteiger partial charge >= 0.3 is 17.9 Å². The van der Waals surface area contributed by atoms with Crippen LogP contribution in [0.15, 0.2) is 66.7 Å². The lowest BCUT2D eigenvalue weighted by Crippen LogP contribution is -2.20. The predicted molar refractivity (Wildman–Crippen MR) is 87.6 cm³/mol. The molecule has 0 unspecified atom stereocenters.